The van der Waals surface area contributed by atoms with E-state index < -0.39 is 0 Å². The van der Waals surface area contributed by atoms with Crippen LogP contribution >= 0.6 is 15.9 Å². The van der Waals surface area contributed by atoms with Crippen LogP contribution in [0, 0.1) is 0 Å². The maximum Gasteiger partial charge on any atom is 0.321 e. The molecule has 29 heavy (non-hydrogen) atoms. The third kappa shape index (κ3) is 8.89. The van der Waals surface area contributed by atoms with E-state index in [0.717, 1.165) is 62.0 Å². The van der Waals surface area contributed by atoms with Crippen LogP contribution in [0.15, 0.2) is 41.4 Å². The van der Waals surface area contributed by atoms with Crippen LogP contribution in [-0.4, -0.2) is 61.8 Å². The standard InChI is InChI=1S/C23H36BrN3O2/c1-4-16-26(2)17-6-5-7-18-29-22-14-12-21(13-15-22)27(3)23(28)25-20-10-8-19(24)9-11-20/h4,8-11,21-22H,1,5-7,12-18H2,2-3H3,(H,25,28)/t21-,22-. The molecule has 1 aliphatic carbocycles. The summed E-state index contributed by atoms with van der Waals surface area (Å²) in [7, 11) is 4.02. The van der Waals surface area contributed by atoms with E-state index in [2.05, 4.69) is 39.8 Å². The topological polar surface area (TPSA) is 44.8 Å². The summed E-state index contributed by atoms with van der Waals surface area (Å²) < 4.78 is 7.08. The molecular weight excluding hydrogens is 430 g/mol. The molecule has 6 heteroatoms. The van der Waals surface area contributed by atoms with E-state index in [1.807, 2.05) is 42.3 Å². The van der Waals surface area contributed by atoms with Gasteiger partial charge < -0.3 is 19.9 Å². The van der Waals surface area contributed by atoms with Crippen LogP contribution in [0.2, 0.25) is 0 Å². The van der Waals surface area contributed by atoms with Gasteiger partial charge in [-0.05, 0) is 82.8 Å². The van der Waals surface area contributed by atoms with E-state index in [0.29, 0.717) is 6.10 Å². The smallest absolute Gasteiger partial charge is 0.321 e. The second-order valence-electron chi connectivity index (χ2n) is 7.96. The largest absolute Gasteiger partial charge is 0.378 e. The zero-order chi connectivity index (χ0) is 21.1. The van der Waals surface area contributed by atoms with Gasteiger partial charge in [0.25, 0.3) is 0 Å². The summed E-state index contributed by atoms with van der Waals surface area (Å²) in [6.45, 7) is 6.69. The van der Waals surface area contributed by atoms with E-state index >= 15 is 0 Å². The zero-order valence-corrected chi connectivity index (χ0v) is 19.5. The Morgan fingerprint density at radius 2 is 1.86 bits per heavy atom. The first-order chi connectivity index (χ1) is 14.0. The highest BCUT2D eigenvalue weighted by Gasteiger charge is 2.26. The molecule has 1 aromatic carbocycles. The molecule has 0 bridgehead atoms. The van der Waals surface area contributed by atoms with Crippen LogP contribution in [0.3, 0.4) is 0 Å². The predicted octanol–water partition coefficient (Wildman–Crippen LogP) is 5.53. The summed E-state index contributed by atoms with van der Waals surface area (Å²) in [5.41, 5.74) is 0.817. The van der Waals surface area contributed by atoms with Gasteiger partial charge in [-0.25, -0.2) is 4.79 Å². The lowest BCUT2D eigenvalue weighted by Crippen LogP contribution is -2.42. The lowest BCUT2D eigenvalue weighted by molar-refractivity contribution is 0.0130. The minimum absolute atomic E-state index is 0.0434. The summed E-state index contributed by atoms with van der Waals surface area (Å²) in [4.78, 5) is 16.6. The summed E-state index contributed by atoms with van der Waals surface area (Å²) in [5, 5.41) is 2.97. The summed E-state index contributed by atoms with van der Waals surface area (Å²) in [6.07, 6.45) is 9.89. The number of likely N-dealkylation sites (N-methyl/N-ethyl adjacent to an activating group) is 1. The maximum atomic E-state index is 12.5. The van der Waals surface area contributed by atoms with Crippen molar-refractivity contribution in [3.05, 3.63) is 41.4 Å². The fourth-order valence-electron chi connectivity index (χ4n) is 3.73. The molecule has 0 saturated heterocycles. The van der Waals surface area contributed by atoms with Crippen molar-refractivity contribution in [1.82, 2.24) is 9.80 Å². The van der Waals surface area contributed by atoms with Gasteiger partial charge in [0.15, 0.2) is 0 Å². The van der Waals surface area contributed by atoms with Gasteiger partial charge in [0.05, 0.1) is 6.10 Å². The molecule has 1 N–H and O–H groups in total. The summed E-state index contributed by atoms with van der Waals surface area (Å²) in [5.74, 6) is 0. The molecule has 2 rings (SSSR count). The van der Waals surface area contributed by atoms with E-state index in [1.165, 1.54) is 12.8 Å². The highest BCUT2D eigenvalue weighted by atomic mass is 79.9. The molecule has 0 atom stereocenters. The number of carbonyl (C=O) groups is 1. The van der Waals surface area contributed by atoms with Gasteiger partial charge in [-0.3, -0.25) is 0 Å². The van der Waals surface area contributed by atoms with Crippen LogP contribution in [0.4, 0.5) is 10.5 Å². The van der Waals surface area contributed by atoms with Crippen LogP contribution in [-0.2, 0) is 4.74 Å². The zero-order valence-electron chi connectivity index (χ0n) is 17.9. The van der Waals surface area contributed by atoms with Crippen LogP contribution in [0.5, 0.6) is 0 Å². The van der Waals surface area contributed by atoms with E-state index in [9.17, 15) is 4.79 Å². The minimum Gasteiger partial charge on any atom is -0.378 e. The van der Waals surface area contributed by atoms with Gasteiger partial charge in [0.1, 0.15) is 0 Å². The minimum atomic E-state index is -0.0434. The third-order valence-corrected chi connectivity index (χ3v) is 6.11. The van der Waals surface area contributed by atoms with Crippen molar-refractivity contribution in [1.29, 1.82) is 0 Å². The molecule has 0 radical (unpaired) electrons. The van der Waals surface area contributed by atoms with Crippen molar-refractivity contribution in [3.63, 3.8) is 0 Å². The lowest BCUT2D eigenvalue weighted by Gasteiger charge is -2.34. The molecule has 5 nitrogen and oxygen atoms in total. The lowest BCUT2D eigenvalue weighted by atomic mass is 9.92. The van der Waals surface area contributed by atoms with Gasteiger partial charge in [0.2, 0.25) is 0 Å². The van der Waals surface area contributed by atoms with Crippen molar-refractivity contribution in [3.8, 4) is 0 Å². The summed E-state index contributed by atoms with van der Waals surface area (Å²) in [6, 6.07) is 7.90. The number of anilines is 1. The second kappa shape index (κ2) is 13.0. The fourth-order valence-corrected chi connectivity index (χ4v) is 4.00. The predicted molar refractivity (Wildman–Crippen MR) is 124 cm³/mol. The molecule has 1 saturated carbocycles. The van der Waals surface area contributed by atoms with Gasteiger partial charge in [0, 0.05) is 36.4 Å². The van der Waals surface area contributed by atoms with Gasteiger partial charge in [-0.15, -0.1) is 6.58 Å². The first-order valence-electron chi connectivity index (χ1n) is 10.7. The Hall–Kier alpha value is -1.37. The SMILES string of the molecule is C=CCN(C)CCCCCO[C@H]1CC[C@H](N(C)C(=O)Nc2ccc(Br)cc2)CC1. The fraction of sp³-hybridized carbons (Fsp3) is 0.609. The van der Waals surface area contributed by atoms with Crippen molar-refractivity contribution >= 4 is 27.6 Å². The molecular formula is C23H36BrN3O2. The summed E-state index contributed by atoms with van der Waals surface area (Å²) >= 11 is 3.41. The van der Waals surface area contributed by atoms with E-state index in [4.69, 9.17) is 4.74 Å². The molecule has 0 spiro atoms. The number of nitrogens with one attached hydrogen (secondary N) is 1. The Morgan fingerprint density at radius 3 is 2.52 bits per heavy atom. The first kappa shape index (κ1) is 23.9. The number of amides is 2. The number of benzene rings is 1. The second-order valence-corrected chi connectivity index (χ2v) is 8.88. The molecule has 2 amide bonds. The number of hydrogen-bond acceptors (Lipinski definition) is 3. The third-order valence-electron chi connectivity index (χ3n) is 5.59. The monoisotopic (exact) mass is 465 g/mol. The number of unbranched alkanes of at least 4 members (excludes halogenated alkanes) is 2. The Balaban J connectivity index is 1.58. The molecule has 162 valence electrons. The average molecular weight is 466 g/mol. The highest BCUT2D eigenvalue weighted by molar-refractivity contribution is 9.10. The van der Waals surface area contributed by atoms with Gasteiger partial charge in [-0.2, -0.15) is 0 Å². The van der Waals surface area contributed by atoms with Gasteiger partial charge in [-0.1, -0.05) is 22.0 Å². The average Bonchev–Trinajstić information content (AvgIpc) is 2.72. The molecule has 0 unspecified atom stereocenters. The van der Waals surface area contributed by atoms with Crippen molar-refractivity contribution in [2.75, 3.05) is 39.1 Å². The number of nitrogens with zero attached hydrogens (tertiary/aromatic N) is 2. The number of urea groups is 1. The molecule has 1 aliphatic rings. The normalized spacial score (nSPS) is 19.2. The molecule has 0 heterocycles. The highest BCUT2D eigenvalue weighted by Crippen LogP contribution is 2.25. The number of rotatable bonds is 11. The van der Waals surface area contributed by atoms with Gasteiger partial charge >= 0.3 is 6.03 Å². The van der Waals surface area contributed by atoms with E-state index in [-0.39, 0.29) is 12.1 Å². The van der Waals surface area contributed by atoms with Crippen molar-refractivity contribution in [2.24, 2.45) is 0 Å². The number of halogens is 1. The maximum absolute atomic E-state index is 12.5. The number of ether oxygens (including phenoxy) is 1. The van der Waals surface area contributed by atoms with Crippen LogP contribution in [0.25, 0.3) is 0 Å². The van der Waals surface area contributed by atoms with Crippen molar-refractivity contribution in [2.45, 2.75) is 57.1 Å². The van der Waals surface area contributed by atoms with Crippen LogP contribution < -0.4 is 5.32 Å². The molecule has 1 fully saturated rings. The van der Waals surface area contributed by atoms with Crippen LogP contribution in [0.1, 0.15) is 44.9 Å². The number of carbonyl (C=O) groups excluding carboxylic acids is 1. The number of hydrogen-bond donors (Lipinski definition) is 1. The molecule has 0 aliphatic heterocycles. The first-order valence-corrected chi connectivity index (χ1v) is 11.5. The molecule has 0 aromatic heterocycles. The Kier molecular flexibility index (Phi) is 10.7. The van der Waals surface area contributed by atoms with Crippen molar-refractivity contribution < 1.29 is 9.53 Å². The quantitative estimate of drug-likeness (QED) is 0.345. The Bertz CT molecular complexity index is 615. The van der Waals surface area contributed by atoms with E-state index in [1.54, 1.807) is 0 Å². The molecule has 1 aromatic rings. The Morgan fingerprint density at radius 1 is 1.17 bits per heavy atom. The Labute approximate surface area is 184 Å².